The van der Waals surface area contributed by atoms with Gasteiger partial charge in [-0.1, -0.05) is 135 Å². The lowest BCUT2D eigenvalue weighted by atomic mass is 10.0. The summed E-state index contributed by atoms with van der Waals surface area (Å²) in [5.74, 6) is -1.53. The highest BCUT2D eigenvalue weighted by Crippen LogP contribution is 2.14. The molecule has 0 rings (SSSR count). The smallest absolute Gasteiger partial charge is 0.362 e. The van der Waals surface area contributed by atoms with Crippen LogP contribution in [0.3, 0.4) is 0 Å². The van der Waals surface area contributed by atoms with Gasteiger partial charge in [-0.15, -0.1) is 0 Å². The third kappa shape index (κ3) is 29.9. The highest BCUT2D eigenvalue weighted by molar-refractivity contribution is 5.72. The number of aliphatic carboxylic acids is 1. The standard InChI is InChI=1S/C39H73NO7/c1-6-8-10-12-14-16-17-18-19-20-21-22-24-25-27-29-37(41)46-34-35(33-45-32-31-36(39(43)44)40(3,4)5)47-38(42)30-28-26-23-15-13-11-9-7-2/h23,26,35-36H,6-22,24-25,27-34H2,1-5H3/p+1/b26-23+. The maximum Gasteiger partial charge on any atom is 0.362 e. The lowest BCUT2D eigenvalue weighted by molar-refractivity contribution is -0.887. The molecule has 0 aromatic carbocycles. The number of carboxylic acid groups (broad SMARTS) is 1. The molecule has 0 bridgehead atoms. The van der Waals surface area contributed by atoms with Gasteiger partial charge < -0.3 is 23.8 Å². The Kier molecular flexibility index (Phi) is 30.1. The number of ether oxygens (including phenoxy) is 3. The molecule has 0 aliphatic carbocycles. The number of nitrogens with zero attached hydrogens (tertiary/aromatic N) is 1. The van der Waals surface area contributed by atoms with Crippen molar-refractivity contribution in [3.05, 3.63) is 12.2 Å². The Balaban J connectivity index is 4.34. The van der Waals surface area contributed by atoms with Crippen LogP contribution in [0.4, 0.5) is 0 Å². The normalized spacial score (nSPS) is 13.1. The van der Waals surface area contributed by atoms with Crippen molar-refractivity contribution in [2.75, 3.05) is 41.0 Å². The lowest BCUT2D eigenvalue weighted by Gasteiger charge is -2.31. The van der Waals surface area contributed by atoms with Gasteiger partial charge in [0.25, 0.3) is 0 Å². The van der Waals surface area contributed by atoms with Crippen molar-refractivity contribution in [3.63, 3.8) is 0 Å². The van der Waals surface area contributed by atoms with Crippen LogP contribution < -0.4 is 0 Å². The summed E-state index contributed by atoms with van der Waals surface area (Å²) in [5, 5.41) is 9.56. The van der Waals surface area contributed by atoms with Gasteiger partial charge in [0, 0.05) is 19.3 Å². The maximum atomic E-state index is 12.5. The third-order valence-electron chi connectivity index (χ3n) is 8.68. The quantitative estimate of drug-likeness (QED) is 0.0315. The van der Waals surface area contributed by atoms with Crippen LogP contribution in [0.25, 0.3) is 0 Å². The summed E-state index contributed by atoms with van der Waals surface area (Å²) >= 11 is 0. The molecule has 0 aromatic heterocycles. The second-order valence-electron chi connectivity index (χ2n) is 14.2. The number of carbonyl (C=O) groups excluding carboxylic acids is 2. The van der Waals surface area contributed by atoms with Crippen LogP contribution in [0.2, 0.25) is 0 Å². The molecule has 0 saturated carbocycles. The number of hydrogen-bond donors (Lipinski definition) is 1. The zero-order valence-electron chi connectivity index (χ0n) is 31.2. The van der Waals surface area contributed by atoms with E-state index in [2.05, 4.69) is 19.9 Å². The summed E-state index contributed by atoms with van der Waals surface area (Å²) in [6, 6.07) is -0.613. The molecule has 8 heteroatoms. The molecule has 0 aliphatic heterocycles. The molecule has 0 fully saturated rings. The number of rotatable bonds is 34. The van der Waals surface area contributed by atoms with Crippen molar-refractivity contribution >= 4 is 17.9 Å². The van der Waals surface area contributed by atoms with E-state index in [1.165, 1.54) is 96.3 Å². The lowest BCUT2D eigenvalue weighted by Crippen LogP contribution is -2.50. The van der Waals surface area contributed by atoms with Gasteiger partial charge in [-0.25, -0.2) is 4.79 Å². The monoisotopic (exact) mass is 669 g/mol. The Morgan fingerprint density at radius 1 is 0.617 bits per heavy atom. The Morgan fingerprint density at radius 2 is 1.11 bits per heavy atom. The summed E-state index contributed by atoms with van der Waals surface area (Å²) in [6.45, 7) is 4.65. The van der Waals surface area contributed by atoms with E-state index < -0.39 is 18.1 Å². The highest BCUT2D eigenvalue weighted by atomic mass is 16.6. The van der Waals surface area contributed by atoms with Crippen molar-refractivity contribution in [2.24, 2.45) is 0 Å². The molecule has 2 atom stereocenters. The second-order valence-corrected chi connectivity index (χ2v) is 14.2. The number of carboxylic acids is 1. The van der Waals surface area contributed by atoms with Crippen molar-refractivity contribution < 1.29 is 38.2 Å². The third-order valence-corrected chi connectivity index (χ3v) is 8.68. The number of allylic oxidation sites excluding steroid dienone is 2. The first-order chi connectivity index (χ1) is 22.6. The van der Waals surface area contributed by atoms with Gasteiger partial charge in [-0.2, -0.15) is 0 Å². The number of hydrogen-bond acceptors (Lipinski definition) is 6. The molecule has 0 radical (unpaired) electrons. The first-order valence-corrected chi connectivity index (χ1v) is 19.2. The van der Waals surface area contributed by atoms with Crippen LogP contribution in [0, 0.1) is 0 Å². The Labute approximate surface area is 289 Å². The minimum absolute atomic E-state index is 0.0503. The van der Waals surface area contributed by atoms with E-state index in [-0.39, 0.29) is 42.7 Å². The number of unbranched alkanes of at least 4 members (excludes halogenated alkanes) is 18. The Hall–Kier alpha value is -1.93. The van der Waals surface area contributed by atoms with E-state index in [9.17, 15) is 19.5 Å². The van der Waals surface area contributed by atoms with Gasteiger partial charge in [0.1, 0.15) is 6.61 Å². The van der Waals surface area contributed by atoms with Gasteiger partial charge >= 0.3 is 17.9 Å². The summed E-state index contributed by atoms with van der Waals surface area (Å²) < 4.78 is 17.1. The zero-order chi connectivity index (χ0) is 35.0. The highest BCUT2D eigenvalue weighted by Gasteiger charge is 2.31. The predicted molar refractivity (Wildman–Crippen MR) is 192 cm³/mol. The predicted octanol–water partition coefficient (Wildman–Crippen LogP) is 9.58. The number of carbonyl (C=O) groups is 3. The first kappa shape index (κ1) is 45.1. The van der Waals surface area contributed by atoms with Crippen LogP contribution >= 0.6 is 0 Å². The van der Waals surface area contributed by atoms with Crippen LogP contribution in [0.5, 0.6) is 0 Å². The minimum atomic E-state index is -0.879. The van der Waals surface area contributed by atoms with Crippen LogP contribution in [-0.4, -0.2) is 80.6 Å². The van der Waals surface area contributed by atoms with Gasteiger partial charge in [-0.3, -0.25) is 9.59 Å². The van der Waals surface area contributed by atoms with Gasteiger partial charge in [-0.05, 0) is 25.7 Å². The molecule has 47 heavy (non-hydrogen) atoms. The van der Waals surface area contributed by atoms with Gasteiger partial charge in [0.2, 0.25) is 0 Å². The summed E-state index contributed by atoms with van der Waals surface area (Å²) in [7, 11) is 5.50. The average Bonchev–Trinajstić information content (AvgIpc) is 3.01. The van der Waals surface area contributed by atoms with Crippen molar-refractivity contribution in [1.82, 2.24) is 0 Å². The maximum absolute atomic E-state index is 12.5. The van der Waals surface area contributed by atoms with E-state index in [1.807, 2.05) is 27.2 Å². The van der Waals surface area contributed by atoms with Crippen LogP contribution in [-0.2, 0) is 28.6 Å². The van der Waals surface area contributed by atoms with Crippen LogP contribution in [0.15, 0.2) is 12.2 Å². The summed E-state index contributed by atoms with van der Waals surface area (Å²) in [5.41, 5.74) is 0. The van der Waals surface area contributed by atoms with E-state index >= 15 is 0 Å². The SMILES string of the molecule is CCCCCC/C=C/CCC(=O)OC(COCCC(C(=O)O)[N+](C)(C)C)COC(=O)CCCCCCCCCCCCCCCCC. The van der Waals surface area contributed by atoms with Crippen molar-refractivity contribution in [2.45, 2.75) is 180 Å². The molecule has 1 N–H and O–H groups in total. The van der Waals surface area contributed by atoms with Crippen LogP contribution in [0.1, 0.15) is 168 Å². The summed E-state index contributed by atoms with van der Waals surface area (Å²) in [6.07, 6.45) is 29.9. The average molecular weight is 669 g/mol. The van der Waals surface area contributed by atoms with Crippen molar-refractivity contribution in [3.8, 4) is 0 Å². The van der Waals surface area contributed by atoms with E-state index in [4.69, 9.17) is 14.2 Å². The molecule has 276 valence electrons. The molecule has 0 saturated heterocycles. The number of esters is 2. The molecule has 0 heterocycles. The van der Waals surface area contributed by atoms with E-state index in [0.717, 1.165) is 32.1 Å². The van der Waals surface area contributed by atoms with E-state index in [0.29, 0.717) is 19.3 Å². The second kappa shape index (κ2) is 31.3. The number of likely N-dealkylation sites (N-methyl/N-ethyl adjacent to an activating group) is 1. The fourth-order valence-electron chi connectivity index (χ4n) is 5.64. The van der Waals surface area contributed by atoms with E-state index in [1.54, 1.807) is 0 Å². The Morgan fingerprint density at radius 3 is 1.62 bits per heavy atom. The fourth-order valence-corrected chi connectivity index (χ4v) is 5.64. The zero-order valence-corrected chi connectivity index (χ0v) is 31.2. The molecular formula is C39H74NO7+. The first-order valence-electron chi connectivity index (χ1n) is 19.2. The van der Waals surface area contributed by atoms with Crippen molar-refractivity contribution in [1.29, 1.82) is 0 Å². The Bertz CT molecular complexity index is 793. The molecular weight excluding hydrogens is 594 g/mol. The molecule has 0 aliphatic rings. The fraction of sp³-hybridized carbons (Fsp3) is 0.872. The molecule has 8 nitrogen and oxygen atoms in total. The minimum Gasteiger partial charge on any atom is -0.477 e. The topological polar surface area (TPSA) is 99.1 Å². The van der Waals surface area contributed by atoms with Gasteiger partial charge in [0.15, 0.2) is 12.1 Å². The van der Waals surface area contributed by atoms with Gasteiger partial charge in [0.05, 0.1) is 34.4 Å². The molecule has 0 spiro atoms. The number of quaternary nitrogens is 1. The molecule has 2 unspecified atom stereocenters. The molecule has 0 amide bonds. The largest absolute Gasteiger partial charge is 0.477 e. The molecule has 0 aromatic rings. The summed E-state index contributed by atoms with van der Waals surface area (Å²) in [4.78, 5) is 36.6.